The summed E-state index contributed by atoms with van der Waals surface area (Å²) >= 11 is 12.4. The summed E-state index contributed by atoms with van der Waals surface area (Å²) in [6.07, 6.45) is 2.12. The van der Waals surface area contributed by atoms with Crippen LogP contribution in [0.5, 0.6) is 5.75 Å². The van der Waals surface area contributed by atoms with E-state index in [0.29, 0.717) is 34.7 Å². The fourth-order valence-electron chi connectivity index (χ4n) is 2.55. The molecule has 0 aliphatic heterocycles. The Labute approximate surface area is 155 Å². The Balaban J connectivity index is 1.83. The third kappa shape index (κ3) is 4.31. The second-order valence-corrected chi connectivity index (χ2v) is 6.12. The van der Waals surface area contributed by atoms with Gasteiger partial charge in [-0.3, -0.25) is 0 Å². The van der Waals surface area contributed by atoms with Gasteiger partial charge in [0.15, 0.2) is 6.79 Å². The molecule has 0 aliphatic rings. The molecule has 130 valence electrons. The monoisotopic (exact) mass is 377 g/mol. The van der Waals surface area contributed by atoms with Crippen LogP contribution in [0, 0.1) is 0 Å². The van der Waals surface area contributed by atoms with Gasteiger partial charge in [0, 0.05) is 25.1 Å². The minimum Gasteiger partial charge on any atom is -0.466 e. The van der Waals surface area contributed by atoms with Gasteiger partial charge in [0.1, 0.15) is 23.0 Å². The number of anilines is 1. The molecule has 0 atom stereocenters. The minimum atomic E-state index is 0.139. The molecule has 0 amide bonds. The van der Waals surface area contributed by atoms with Crippen molar-refractivity contribution in [2.24, 2.45) is 0 Å². The van der Waals surface area contributed by atoms with Crippen LogP contribution in [0.15, 0.2) is 42.7 Å². The Morgan fingerprint density at radius 3 is 2.76 bits per heavy atom. The van der Waals surface area contributed by atoms with E-state index in [1.807, 2.05) is 24.3 Å². The first-order valence-corrected chi connectivity index (χ1v) is 8.48. The maximum atomic E-state index is 6.56. The van der Waals surface area contributed by atoms with Gasteiger partial charge in [-0.05, 0) is 23.4 Å². The van der Waals surface area contributed by atoms with Gasteiger partial charge in [-0.1, -0.05) is 47.5 Å². The van der Waals surface area contributed by atoms with Crippen molar-refractivity contribution >= 4 is 39.8 Å². The quantitative estimate of drug-likeness (QED) is 0.482. The zero-order valence-corrected chi connectivity index (χ0v) is 15.1. The number of fused-ring (bicyclic) bond motifs is 1. The van der Waals surface area contributed by atoms with E-state index in [9.17, 15) is 0 Å². The van der Waals surface area contributed by atoms with Gasteiger partial charge in [-0.25, -0.2) is 9.97 Å². The molecule has 7 heteroatoms. The highest BCUT2D eigenvalue weighted by molar-refractivity contribution is 6.37. The van der Waals surface area contributed by atoms with Crippen molar-refractivity contribution in [3.05, 3.63) is 58.5 Å². The van der Waals surface area contributed by atoms with E-state index in [-0.39, 0.29) is 6.79 Å². The zero-order chi connectivity index (χ0) is 17.6. The Kier molecular flexibility index (Phi) is 5.91. The van der Waals surface area contributed by atoms with Crippen LogP contribution in [0.3, 0.4) is 0 Å². The number of nitrogens with zero attached hydrogens (tertiary/aromatic N) is 2. The Morgan fingerprint density at radius 2 is 1.96 bits per heavy atom. The molecule has 0 spiro atoms. The second-order valence-electron chi connectivity index (χ2n) is 5.35. The number of nitrogens with one attached hydrogen (secondary N) is 1. The van der Waals surface area contributed by atoms with E-state index in [1.165, 1.54) is 6.33 Å². The molecule has 0 fully saturated rings. The average Bonchev–Trinajstić information content (AvgIpc) is 2.61. The molecule has 0 saturated heterocycles. The lowest BCUT2D eigenvalue weighted by atomic mass is 10.0. The van der Waals surface area contributed by atoms with Gasteiger partial charge in [-0.2, -0.15) is 0 Å². The van der Waals surface area contributed by atoms with Crippen molar-refractivity contribution in [1.82, 2.24) is 9.97 Å². The number of hydrogen-bond donors (Lipinski definition) is 1. The van der Waals surface area contributed by atoms with Crippen molar-refractivity contribution in [2.75, 3.05) is 25.8 Å². The van der Waals surface area contributed by atoms with Crippen LogP contribution < -0.4 is 10.1 Å². The van der Waals surface area contributed by atoms with E-state index in [4.69, 9.17) is 32.7 Å². The molecule has 0 aliphatic carbocycles. The molecule has 0 saturated carbocycles. The average molecular weight is 378 g/mol. The first-order chi connectivity index (χ1) is 12.2. The van der Waals surface area contributed by atoms with Crippen molar-refractivity contribution < 1.29 is 9.47 Å². The van der Waals surface area contributed by atoms with Gasteiger partial charge in [-0.15, -0.1) is 0 Å². The van der Waals surface area contributed by atoms with Crippen molar-refractivity contribution in [3.8, 4) is 5.75 Å². The number of benzene rings is 2. The van der Waals surface area contributed by atoms with E-state index >= 15 is 0 Å². The van der Waals surface area contributed by atoms with Crippen LogP contribution in [0.25, 0.3) is 10.8 Å². The summed E-state index contributed by atoms with van der Waals surface area (Å²) in [6, 6.07) is 11.7. The smallest absolute Gasteiger partial charge is 0.188 e. The maximum absolute atomic E-state index is 6.56. The highest BCUT2D eigenvalue weighted by atomic mass is 35.5. The lowest BCUT2D eigenvalue weighted by molar-refractivity contribution is 0.0506. The van der Waals surface area contributed by atoms with Gasteiger partial charge in [0.25, 0.3) is 0 Å². The molecule has 3 rings (SSSR count). The topological polar surface area (TPSA) is 56.3 Å². The molecule has 25 heavy (non-hydrogen) atoms. The van der Waals surface area contributed by atoms with Gasteiger partial charge in [0.05, 0.1) is 5.02 Å². The highest BCUT2D eigenvalue weighted by Crippen LogP contribution is 2.36. The van der Waals surface area contributed by atoms with Crippen LogP contribution in [-0.2, 0) is 11.2 Å². The standard InChI is InChI=1S/C18H17Cl2N3O2/c1-24-11-25-18-13(6-7-21-16-9-15(19)22-10-23-16)8-12-4-2-3-5-14(12)17(18)20/h2-5,8-10H,6-7,11H2,1H3,(H,21,22,23). The predicted octanol–water partition coefficient (Wildman–Crippen LogP) is 4.57. The maximum Gasteiger partial charge on any atom is 0.188 e. The van der Waals surface area contributed by atoms with Crippen LogP contribution in [0.2, 0.25) is 10.2 Å². The van der Waals surface area contributed by atoms with Gasteiger partial charge >= 0.3 is 0 Å². The number of aromatic nitrogens is 2. The minimum absolute atomic E-state index is 0.139. The number of hydrogen-bond acceptors (Lipinski definition) is 5. The molecule has 2 aromatic carbocycles. The van der Waals surface area contributed by atoms with Crippen molar-refractivity contribution in [1.29, 1.82) is 0 Å². The Hall–Kier alpha value is -2.08. The molecule has 0 bridgehead atoms. The Morgan fingerprint density at radius 1 is 1.12 bits per heavy atom. The second kappa shape index (κ2) is 8.34. The summed E-state index contributed by atoms with van der Waals surface area (Å²) in [4.78, 5) is 7.99. The van der Waals surface area contributed by atoms with E-state index in [2.05, 4.69) is 21.4 Å². The van der Waals surface area contributed by atoms with Crippen molar-refractivity contribution in [2.45, 2.75) is 6.42 Å². The molecule has 0 radical (unpaired) electrons. The third-order valence-electron chi connectivity index (χ3n) is 3.67. The fourth-order valence-corrected chi connectivity index (χ4v) is 3.05. The number of rotatable bonds is 7. The van der Waals surface area contributed by atoms with Crippen LogP contribution in [0.4, 0.5) is 5.82 Å². The summed E-state index contributed by atoms with van der Waals surface area (Å²) in [7, 11) is 1.58. The van der Waals surface area contributed by atoms with Gasteiger partial charge < -0.3 is 14.8 Å². The van der Waals surface area contributed by atoms with Crippen molar-refractivity contribution in [3.63, 3.8) is 0 Å². The third-order valence-corrected chi connectivity index (χ3v) is 4.26. The summed E-state index contributed by atoms with van der Waals surface area (Å²) in [5, 5.41) is 6.23. The number of ether oxygens (including phenoxy) is 2. The number of halogens is 2. The van der Waals surface area contributed by atoms with Crippen LogP contribution >= 0.6 is 23.2 Å². The first-order valence-electron chi connectivity index (χ1n) is 7.72. The molecule has 3 aromatic rings. The molecule has 1 heterocycles. The summed E-state index contributed by atoms with van der Waals surface area (Å²) in [6.45, 7) is 0.783. The van der Waals surface area contributed by atoms with Gasteiger partial charge in [0.2, 0.25) is 0 Å². The molecule has 0 unspecified atom stereocenters. The van der Waals surface area contributed by atoms with Crippen LogP contribution in [-0.4, -0.2) is 30.4 Å². The summed E-state index contributed by atoms with van der Waals surface area (Å²) in [5.74, 6) is 1.32. The predicted molar refractivity (Wildman–Crippen MR) is 101 cm³/mol. The summed E-state index contributed by atoms with van der Waals surface area (Å²) in [5.41, 5.74) is 0.994. The van der Waals surface area contributed by atoms with E-state index in [1.54, 1.807) is 13.2 Å². The first kappa shape index (κ1) is 17.7. The lowest BCUT2D eigenvalue weighted by Gasteiger charge is -2.15. The molecular formula is C18H17Cl2N3O2. The fraction of sp³-hybridized carbons (Fsp3) is 0.222. The highest BCUT2D eigenvalue weighted by Gasteiger charge is 2.13. The molecule has 1 aromatic heterocycles. The summed E-state index contributed by atoms with van der Waals surface area (Å²) < 4.78 is 10.7. The van der Waals surface area contributed by atoms with E-state index in [0.717, 1.165) is 16.3 Å². The molecule has 5 nitrogen and oxygen atoms in total. The normalized spacial score (nSPS) is 10.8. The largest absolute Gasteiger partial charge is 0.466 e. The Bertz CT molecular complexity index is 874. The lowest BCUT2D eigenvalue weighted by Crippen LogP contribution is -2.09. The zero-order valence-electron chi connectivity index (χ0n) is 13.6. The van der Waals surface area contributed by atoms with E-state index < -0.39 is 0 Å². The number of methoxy groups -OCH3 is 1. The SMILES string of the molecule is COCOc1c(CCNc2cc(Cl)ncn2)cc2ccccc2c1Cl. The van der Waals surface area contributed by atoms with Crippen LogP contribution in [0.1, 0.15) is 5.56 Å². The molecule has 1 N–H and O–H groups in total. The molecular weight excluding hydrogens is 361 g/mol.